The smallest absolute Gasteiger partial charge is 0.310 e. The van der Waals surface area contributed by atoms with E-state index in [-0.39, 0.29) is 72.8 Å². The van der Waals surface area contributed by atoms with Crippen LogP contribution in [-0.4, -0.2) is 16.6 Å². The molecule has 0 radical (unpaired) electrons. The standard InChI is InChI=1S/C19H25N2O2S.C2H6.CH4.Yb/c1-5-6-9-14(2)23-18(22)12-16-10-7-8-11-17(16)20-19-21(4)13-15(3)24-19;1-2;;/h7-8,10-11,14H,5-6,9,12H2,1-4H3;1-2H3;1H4;/q-1;;;. The maximum atomic E-state index is 12.2. The van der Waals surface area contributed by atoms with Crippen molar-refractivity contribution in [2.45, 2.75) is 73.8 Å². The number of ether oxygens (including phenoxy) is 1. The number of aryl methyl sites for hydroxylation is 2. The molecule has 0 amide bonds. The van der Waals surface area contributed by atoms with Crippen molar-refractivity contribution in [3.63, 3.8) is 0 Å². The summed E-state index contributed by atoms with van der Waals surface area (Å²) in [6, 6.07) is 7.72. The van der Waals surface area contributed by atoms with Gasteiger partial charge >= 0.3 is 5.97 Å². The zero-order valence-electron chi connectivity index (χ0n) is 17.1. The molecule has 0 aliphatic heterocycles. The number of thiazole rings is 1. The number of nitrogens with zero attached hydrogens (tertiary/aromatic N) is 2. The summed E-state index contributed by atoms with van der Waals surface area (Å²) >= 11 is 1.58. The normalized spacial score (nSPS) is 11.4. The number of hydrogen-bond acceptors (Lipinski definition) is 4. The Morgan fingerprint density at radius 1 is 1.32 bits per heavy atom. The van der Waals surface area contributed by atoms with Gasteiger partial charge in [-0.1, -0.05) is 64.1 Å². The van der Waals surface area contributed by atoms with Crippen LogP contribution in [0.5, 0.6) is 0 Å². The minimum Gasteiger partial charge on any atom is -0.490 e. The molecule has 0 aliphatic rings. The Kier molecular flexibility index (Phi) is 17.5. The Balaban J connectivity index is 0. The van der Waals surface area contributed by atoms with Crippen LogP contribution in [-0.2, 0) is 23.0 Å². The van der Waals surface area contributed by atoms with E-state index in [0.29, 0.717) is 0 Å². The zero-order valence-corrected chi connectivity index (χ0v) is 19.6. The molecule has 1 aromatic carbocycles. The van der Waals surface area contributed by atoms with E-state index in [1.807, 2.05) is 63.6 Å². The average Bonchev–Trinajstić information content (AvgIpc) is 2.93. The number of rotatable bonds is 7. The van der Waals surface area contributed by atoms with Crippen molar-refractivity contribution in [3.8, 4) is 0 Å². The van der Waals surface area contributed by atoms with Crippen molar-refractivity contribution in [1.29, 1.82) is 0 Å². The average molecular weight is 565 g/mol. The molecule has 1 heterocycles. The third kappa shape index (κ3) is 10.4. The van der Waals surface area contributed by atoms with Crippen LogP contribution in [0.4, 0.5) is 5.69 Å². The van der Waals surface area contributed by atoms with Gasteiger partial charge in [0.2, 0.25) is 0 Å². The van der Waals surface area contributed by atoms with E-state index in [1.165, 1.54) is 0 Å². The van der Waals surface area contributed by atoms with E-state index >= 15 is 0 Å². The Morgan fingerprint density at radius 2 is 1.96 bits per heavy atom. The van der Waals surface area contributed by atoms with Gasteiger partial charge in [-0.15, -0.1) is 0 Å². The van der Waals surface area contributed by atoms with Gasteiger partial charge in [0.05, 0.1) is 12.5 Å². The minimum atomic E-state index is -0.195. The fourth-order valence-electron chi connectivity index (χ4n) is 2.45. The second kappa shape index (κ2) is 16.4. The molecule has 2 aromatic rings. The van der Waals surface area contributed by atoms with E-state index in [0.717, 1.165) is 40.2 Å². The van der Waals surface area contributed by atoms with Crippen LogP contribution >= 0.6 is 11.3 Å². The minimum absolute atomic E-state index is 0. The van der Waals surface area contributed by atoms with Crippen LogP contribution in [0, 0.1) is 60.0 Å². The van der Waals surface area contributed by atoms with Gasteiger partial charge in [0.1, 0.15) is 0 Å². The molecule has 0 spiro atoms. The SMILES string of the molecule is C.CC.CCCCC(C)OC(=O)Cc1ccccc1N=c1sc(C)[c-]n1C.[Yb]. The second-order valence-corrected chi connectivity index (χ2v) is 7.15. The zero-order chi connectivity index (χ0) is 19.5. The first-order chi connectivity index (χ1) is 12.5. The monoisotopic (exact) mass is 565 g/mol. The molecule has 6 heteroatoms. The maximum absolute atomic E-state index is 12.2. The van der Waals surface area contributed by atoms with Gasteiger partial charge in [-0.2, -0.15) is 6.20 Å². The molecule has 166 valence electrons. The van der Waals surface area contributed by atoms with E-state index in [9.17, 15) is 4.79 Å². The molecular formula is C22H35N2O2SYb-. The Bertz CT molecular complexity index is 753. The van der Waals surface area contributed by atoms with E-state index < -0.39 is 0 Å². The molecule has 0 bridgehead atoms. The third-order valence-corrected chi connectivity index (χ3v) is 4.64. The number of carbonyl (C=O) groups is 1. The summed E-state index contributed by atoms with van der Waals surface area (Å²) in [7, 11) is 1.93. The van der Waals surface area contributed by atoms with Crippen molar-refractivity contribution in [1.82, 2.24) is 4.57 Å². The molecule has 0 fully saturated rings. The van der Waals surface area contributed by atoms with Crippen LogP contribution < -0.4 is 4.80 Å². The molecule has 0 saturated carbocycles. The number of benzene rings is 1. The van der Waals surface area contributed by atoms with Crippen molar-refractivity contribution < 1.29 is 56.5 Å². The van der Waals surface area contributed by atoms with E-state index in [1.54, 1.807) is 11.3 Å². The first-order valence-electron chi connectivity index (χ1n) is 9.37. The van der Waals surface area contributed by atoms with Gasteiger partial charge in [-0.25, -0.2) is 11.3 Å². The predicted molar refractivity (Wildman–Crippen MR) is 115 cm³/mol. The quantitative estimate of drug-likeness (QED) is 0.317. The summed E-state index contributed by atoms with van der Waals surface area (Å²) < 4.78 is 7.38. The van der Waals surface area contributed by atoms with Crippen LogP contribution in [0.3, 0.4) is 0 Å². The van der Waals surface area contributed by atoms with Gasteiger partial charge < -0.3 is 14.3 Å². The van der Waals surface area contributed by atoms with Crippen LogP contribution in [0.15, 0.2) is 29.3 Å². The molecule has 28 heavy (non-hydrogen) atoms. The number of esters is 1. The first kappa shape index (κ1) is 29.8. The summed E-state index contributed by atoms with van der Waals surface area (Å²) in [5.41, 5.74) is 1.69. The largest absolute Gasteiger partial charge is 0.490 e. The summed E-state index contributed by atoms with van der Waals surface area (Å²) in [6.45, 7) is 10.1. The molecule has 0 aliphatic carbocycles. The number of hydrogen-bond donors (Lipinski definition) is 0. The van der Waals surface area contributed by atoms with Crippen LogP contribution in [0.1, 0.15) is 64.8 Å². The van der Waals surface area contributed by atoms with Gasteiger partial charge in [0.25, 0.3) is 0 Å². The van der Waals surface area contributed by atoms with Gasteiger partial charge in [-0.05, 0) is 38.9 Å². The van der Waals surface area contributed by atoms with Crippen molar-refractivity contribution in [2.24, 2.45) is 12.0 Å². The van der Waals surface area contributed by atoms with Crippen LogP contribution in [0.25, 0.3) is 0 Å². The third-order valence-electron chi connectivity index (χ3n) is 3.70. The summed E-state index contributed by atoms with van der Waals surface area (Å²) in [5.74, 6) is -0.195. The van der Waals surface area contributed by atoms with Gasteiger partial charge in [-0.3, -0.25) is 4.79 Å². The number of para-hydroxylation sites is 1. The molecule has 2 rings (SSSR count). The van der Waals surface area contributed by atoms with Crippen molar-refractivity contribution >= 4 is 23.0 Å². The van der Waals surface area contributed by atoms with Gasteiger partial charge in [0.15, 0.2) is 0 Å². The van der Waals surface area contributed by atoms with Crippen LogP contribution in [0.2, 0.25) is 0 Å². The first-order valence-corrected chi connectivity index (χ1v) is 10.2. The predicted octanol–water partition coefficient (Wildman–Crippen LogP) is 5.75. The fourth-order valence-corrected chi connectivity index (χ4v) is 3.24. The van der Waals surface area contributed by atoms with Crippen molar-refractivity contribution in [2.75, 3.05) is 0 Å². The van der Waals surface area contributed by atoms with E-state index in [2.05, 4.69) is 18.1 Å². The molecular weight excluding hydrogens is 529 g/mol. The Labute approximate surface area is 213 Å². The number of aromatic nitrogens is 1. The van der Waals surface area contributed by atoms with Crippen molar-refractivity contribution in [3.05, 3.63) is 45.7 Å². The number of carbonyl (C=O) groups excluding carboxylic acids is 1. The van der Waals surface area contributed by atoms with Gasteiger partial charge in [0, 0.05) is 57.4 Å². The molecule has 4 nitrogen and oxygen atoms in total. The Morgan fingerprint density at radius 3 is 2.54 bits per heavy atom. The molecule has 1 atom stereocenters. The number of unbranched alkanes of at least 4 members (excludes halogenated alkanes) is 1. The molecule has 1 unspecified atom stereocenters. The van der Waals surface area contributed by atoms with E-state index in [4.69, 9.17) is 4.74 Å². The second-order valence-electron chi connectivity index (χ2n) is 5.97. The Hall–Kier alpha value is -0.361. The topological polar surface area (TPSA) is 43.6 Å². The fraction of sp³-hybridized carbons (Fsp3) is 0.545. The summed E-state index contributed by atoms with van der Waals surface area (Å²) in [6.07, 6.45) is 6.49. The summed E-state index contributed by atoms with van der Waals surface area (Å²) in [5, 5.41) is 0. The molecule has 0 saturated heterocycles. The molecule has 0 N–H and O–H groups in total. The maximum Gasteiger partial charge on any atom is 0.310 e. The summed E-state index contributed by atoms with van der Waals surface area (Å²) in [4.78, 5) is 18.8. The molecule has 1 aromatic heterocycles.